The van der Waals surface area contributed by atoms with Crippen LogP contribution in [-0.4, -0.2) is 28.8 Å². The van der Waals surface area contributed by atoms with Crippen molar-refractivity contribution in [1.82, 2.24) is 4.98 Å². The lowest BCUT2D eigenvalue weighted by Gasteiger charge is -2.26. The standard InChI is InChI=1S/C39H48NO3P/c1-33-32-34(41)27-28-37(33)39(42)43-30-20-10-8-6-4-2-3-5-7-9-11-21-31-44(35-22-14-12-15-23-35,36-24-16-13-17-25-36)38-26-18-19-29-40-38/h12-19,22-29,32H,2-11,20-21,30-31H2,1H3/p+1. The van der Waals surface area contributed by atoms with Crippen molar-refractivity contribution < 1.29 is 14.6 Å². The van der Waals surface area contributed by atoms with E-state index in [0.717, 1.165) is 24.6 Å². The molecule has 0 radical (unpaired) electrons. The number of aromatic nitrogens is 1. The average molecular weight is 611 g/mol. The summed E-state index contributed by atoms with van der Waals surface area (Å²) in [6, 6.07) is 33.3. The van der Waals surface area contributed by atoms with Gasteiger partial charge in [0.15, 0.2) is 5.44 Å². The van der Waals surface area contributed by atoms with E-state index in [0.29, 0.717) is 12.2 Å². The number of nitrogens with zero attached hydrogens (tertiary/aromatic N) is 1. The molecule has 44 heavy (non-hydrogen) atoms. The largest absolute Gasteiger partial charge is 0.508 e. The van der Waals surface area contributed by atoms with Crippen LogP contribution in [0.3, 0.4) is 0 Å². The summed E-state index contributed by atoms with van der Waals surface area (Å²) in [5, 5.41) is 12.4. The Morgan fingerprint density at radius 3 is 1.70 bits per heavy atom. The first-order valence-corrected chi connectivity index (χ1v) is 18.5. The fourth-order valence-electron chi connectivity index (χ4n) is 6.07. The van der Waals surface area contributed by atoms with Gasteiger partial charge in [0, 0.05) is 12.3 Å². The summed E-state index contributed by atoms with van der Waals surface area (Å²) in [5.41, 5.74) is 2.51. The SMILES string of the molecule is Cc1cc(O)ccc1C(=O)OCCCCCCCCCCCCCC[P+](c1ccccc1)(c1ccccc1)c1ccccn1. The van der Waals surface area contributed by atoms with Gasteiger partial charge < -0.3 is 9.84 Å². The van der Waals surface area contributed by atoms with Crippen LogP contribution in [-0.2, 0) is 4.74 Å². The van der Waals surface area contributed by atoms with Crippen molar-refractivity contribution in [2.45, 2.75) is 84.0 Å². The molecule has 0 spiro atoms. The van der Waals surface area contributed by atoms with Gasteiger partial charge in [-0.05, 0) is 80.3 Å². The van der Waals surface area contributed by atoms with Crippen molar-refractivity contribution >= 4 is 29.3 Å². The molecule has 0 aliphatic rings. The smallest absolute Gasteiger partial charge is 0.338 e. The summed E-state index contributed by atoms with van der Waals surface area (Å²) in [5.74, 6) is -0.133. The Morgan fingerprint density at radius 1 is 0.659 bits per heavy atom. The summed E-state index contributed by atoms with van der Waals surface area (Å²) < 4.78 is 5.41. The first-order chi connectivity index (χ1) is 21.6. The molecule has 1 aromatic heterocycles. The van der Waals surface area contributed by atoms with E-state index in [1.807, 2.05) is 19.2 Å². The van der Waals surface area contributed by atoms with Crippen LogP contribution in [0.1, 0.15) is 93.0 Å². The number of ether oxygens (including phenoxy) is 1. The lowest BCUT2D eigenvalue weighted by atomic mass is 10.1. The second-order valence-corrected chi connectivity index (χ2v) is 15.3. The third-order valence-electron chi connectivity index (χ3n) is 8.49. The molecular weight excluding hydrogens is 561 g/mol. The average Bonchev–Trinajstić information content (AvgIpc) is 3.06. The highest BCUT2D eigenvalue weighted by Crippen LogP contribution is 2.55. The second-order valence-electron chi connectivity index (χ2n) is 11.8. The number of hydrogen-bond acceptors (Lipinski definition) is 4. The van der Waals surface area contributed by atoms with Crippen molar-refractivity contribution in [2.24, 2.45) is 0 Å². The van der Waals surface area contributed by atoms with Gasteiger partial charge in [0.25, 0.3) is 0 Å². The number of aryl methyl sites for hydroxylation is 1. The number of carbonyl (C=O) groups excluding carboxylic acids is 1. The molecule has 0 amide bonds. The summed E-state index contributed by atoms with van der Waals surface area (Å²) in [7, 11) is -1.80. The molecule has 0 fully saturated rings. The van der Waals surface area contributed by atoms with Gasteiger partial charge in [0.1, 0.15) is 23.6 Å². The van der Waals surface area contributed by atoms with Crippen LogP contribution in [0.2, 0.25) is 0 Å². The van der Waals surface area contributed by atoms with Gasteiger partial charge >= 0.3 is 5.97 Å². The van der Waals surface area contributed by atoms with Gasteiger partial charge in [-0.25, -0.2) is 9.78 Å². The van der Waals surface area contributed by atoms with Gasteiger partial charge in [-0.3, -0.25) is 0 Å². The molecule has 0 saturated heterocycles. The normalized spacial score (nSPS) is 11.4. The van der Waals surface area contributed by atoms with E-state index in [4.69, 9.17) is 9.72 Å². The number of esters is 1. The molecule has 1 N–H and O–H groups in total. The van der Waals surface area contributed by atoms with E-state index in [1.54, 1.807) is 12.1 Å². The van der Waals surface area contributed by atoms with E-state index >= 15 is 0 Å². The lowest BCUT2D eigenvalue weighted by Crippen LogP contribution is -2.34. The van der Waals surface area contributed by atoms with Crippen LogP contribution in [0.15, 0.2) is 103 Å². The zero-order valence-corrected chi connectivity index (χ0v) is 27.3. The maximum absolute atomic E-state index is 12.2. The summed E-state index contributed by atoms with van der Waals surface area (Å²) in [6.07, 6.45) is 17.9. The number of pyridine rings is 1. The minimum Gasteiger partial charge on any atom is -0.508 e. The van der Waals surface area contributed by atoms with Crippen molar-refractivity contribution in [3.05, 3.63) is 114 Å². The zero-order chi connectivity index (χ0) is 30.9. The van der Waals surface area contributed by atoms with Gasteiger partial charge in [-0.2, -0.15) is 0 Å². The molecule has 0 saturated carbocycles. The maximum Gasteiger partial charge on any atom is 0.338 e. The van der Waals surface area contributed by atoms with Crippen LogP contribution >= 0.6 is 7.26 Å². The van der Waals surface area contributed by atoms with Gasteiger partial charge in [-0.15, -0.1) is 0 Å². The number of hydrogen-bond donors (Lipinski definition) is 1. The highest BCUT2D eigenvalue weighted by Gasteiger charge is 2.45. The van der Waals surface area contributed by atoms with Crippen molar-refractivity contribution in [1.29, 1.82) is 0 Å². The van der Waals surface area contributed by atoms with E-state index in [2.05, 4.69) is 72.8 Å². The number of unbranched alkanes of at least 4 members (excludes halogenated alkanes) is 11. The van der Waals surface area contributed by atoms with Crippen molar-refractivity contribution in [2.75, 3.05) is 12.8 Å². The molecule has 4 aromatic rings. The van der Waals surface area contributed by atoms with E-state index in [-0.39, 0.29) is 11.7 Å². The van der Waals surface area contributed by atoms with Crippen LogP contribution < -0.4 is 16.0 Å². The molecule has 4 nitrogen and oxygen atoms in total. The molecule has 3 aromatic carbocycles. The van der Waals surface area contributed by atoms with E-state index < -0.39 is 7.26 Å². The van der Waals surface area contributed by atoms with Gasteiger partial charge in [0.05, 0.1) is 18.3 Å². The number of benzene rings is 3. The predicted molar refractivity (Wildman–Crippen MR) is 186 cm³/mol. The first kappa shape index (κ1) is 33.4. The number of aromatic hydroxyl groups is 1. The summed E-state index contributed by atoms with van der Waals surface area (Å²) in [4.78, 5) is 17.1. The zero-order valence-electron chi connectivity index (χ0n) is 26.4. The molecule has 0 bridgehead atoms. The molecule has 4 rings (SSSR count). The number of phenolic OH excluding ortho intramolecular Hbond substituents is 1. The Balaban J connectivity index is 1.09. The third-order valence-corrected chi connectivity index (χ3v) is 12.9. The first-order valence-electron chi connectivity index (χ1n) is 16.5. The minimum atomic E-state index is -1.80. The summed E-state index contributed by atoms with van der Waals surface area (Å²) in [6.45, 7) is 2.27. The van der Waals surface area contributed by atoms with Crippen LogP contribution in [0, 0.1) is 6.92 Å². The van der Waals surface area contributed by atoms with E-state index in [1.165, 1.54) is 86.3 Å². The molecular formula is C39H49NO3P+. The fourth-order valence-corrected chi connectivity index (χ4v) is 10.3. The summed E-state index contributed by atoms with van der Waals surface area (Å²) >= 11 is 0. The van der Waals surface area contributed by atoms with Gasteiger partial charge in [0.2, 0.25) is 0 Å². The Bertz CT molecular complexity index is 1280. The molecule has 232 valence electrons. The molecule has 0 atom stereocenters. The Hall–Kier alpha value is -3.49. The number of carbonyl (C=O) groups is 1. The van der Waals surface area contributed by atoms with Crippen LogP contribution in [0.4, 0.5) is 0 Å². The van der Waals surface area contributed by atoms with Crippen molar-refractivity contribution in [3.8, 4) is 5.75 Å². The quantitative estimate of drug-likeness (QED) is 0.0654. The monoisotopic (exact) mass is 610 g/mol. The topological polar surface area (TPSA) is 59.4 Å². The Labute approximate surface area is 265 Å². The minimum absolute atomic E-state index is 0.168. The molecule has 1 heterocycles. The molecule has 0 aliphatic carbocycles. The fraction of sp³-hybridized carbons (Fsp3) is 0.385. The number of phenols is 1. The third kappa shape index (κ3) is 9.76. The molecule has 0 aliphatic heterocycles. The second kappa shape index (κ2) is 18.3. The number of rotatable bonds is 19. The molecule has 0 unspecified atom stereocenters. The maximum atomic E-state index is 12.2. The highest BCUT2D eigenvalue weighted by atomic mass is 31.2. The Kier molecular flexibility index (Phi) is 13.9. The predicted octanol–water partition coefficient (Wildman–Crippen LogP) is 8.93. The van der Waals surface area contributed by atoms with Gasteiger partial charge in [-0.1, -0.05) is 100 Å². The molecule has 5 heteroatoms. The van der Waals surface area contributed by atoms with E-state index in [9.17, 15) is 9.90 Å². The highest BCUT2D eigenvalue weighted by molar-refractivity contribution is 7.95. The van der Waals surface area contributed by atoms with Crippen molar-refractivity contribution in [3.63, 3.8) is 0 Å². The van der Waals surface area contributed by atoms with Crippen LogP contribution in [0.25, 0.3) is 0 Å². The van der Waals surface area contributed by atoms with Crippen LogP contribution in [0.5, 0.6) is 5.75 Å². The Morgan fingerprint density at radius 2 is 1.18 bits per heavy atom. The lowest BCUT2D eigenvalue weighted by molar-refractivity contribution is 0.0497.